The van der Waals surface area contributed by atoms with E-state index in [0.29, 0.717) is 22.6 Å². The maximum Gasteiger partial charge on any atom is 0.0800 e. The van der Waals surface area contributed by atoms with Crippen LogP contribution in [0.3, 0.4) is 0 Å². The predicted octanol–water partition coefficient (Wildman–Crippen LogP) is 5.07. The minimum Gasteiger partial charge on any atom is -0.390 e. The van der Waals surface area contributed by atoms with Gasteiger partial charge in [0.05, 0.1) is 11.2 Å². The predicted molar refractivity (Wildman–Crippen MR) is 101 cm³/mol. The fourth-order valence-corrected chi connectivity index (χ4v) is 5.30. The summed E-state index contributed by atoms with van der Waals surface area (Å²) in [5.41, 5.74) is -1.05. The number of allylic oxidation sites excluding steroid dienone is 1. The van der Waals surface area contributed by atoms with Gasteiger partial charge in [-0.2, -0.15) is 0 Å². The van der Waals surface area contributed by atoms with E-state index < -0.39 is 11.2 Å². The lowest BCUT2D eigenvalue weighted by Crippen LogP contribution is -2.51. The van der Waals surface area contributed by atoms with Gasteiger partial charge in [0.25, 0.3) is 0 Å². The number of hydrogen-bond donors (Lipinski definition) is 2. The molecule has 0 aromatic carbocycles. The van der Waals surface area contributed by atoms with Gasteiger partial charge in [-0.3, -0.25) is 0 Å². The van der Waals surface area contributed by atoms with Gasteiger partial charge in [0.1, 0.15) is 0 Å². The highest BCUT2D eigenvalue weighted by molar-refractivity contribution is 9.09. The third kappa shape index (κ3) is 4.41. The number of hydrogen-bond acceptors (Lipinski definition) is 2. The van der Waals surface area contributed by atoms with Gasteiger partial charge in [0, 0.05) is 4.83 Å². The lowest BCUT2D eigenvalue weighted by molar-refractivity contribution is -0.0901. The Labute approximate surface area is 150 Å². The monoisotopic (exact) mass is 386 g/mol. The molecule has 134 valence electrons. The van der Waals surface area contributed by atoms with Crippen molar-refractivity contribution in [1.82, 2.24) is 0 Å². The summed E-state index contributed by atoms with van der Waals surface area (Å²) in [5, 5.41) is 21.0. The van der Waals surface area contributed by atoms with E-state index in [9.17, 15) is 10.2 Å². The Kier molecular flexibility index (Phi) is 5.76. The molecule has 3 heteroatoms. The first kappa shape index (κ1) is 19.5. The van der Waals surface area contributed by atoms with Crippen LogP contribution in [0.5, 0.6) is 0 Å². The quantitative estimate of drug-likeness (QED) is 0.522. The first-order chi connectivity index (χ1) is 10.5. The molecule has 0 aromatic rings. The highest BCUT2D eigenvalue weighted by atomic mass is 79.9. The third-order valence-corrected chi connectivity index (χ3v) is 8.33. The zero-order chi connectivity index (χ0) is 17.5. The normalized spacial score (nSPS) is 45.0. The molecule has 23 heavy (non-hydrogen) atoms. The molecule has 2 N–H and O–H groups in total. The van der Waals surface area contributed by atoms with Gasteiger partial charge in [-0.1, -0.05) is 48.9 Å². The summed E-state index contributed by atoms with van der Waals surface area (Å²) in [7, 11) is 0. The van der Waals surface area contributed by atoms with Crippen LogP contribution in [-0.2, 0) is 0 Å². The van der Waals surface area contributed by atoms with Gasteiger partial charge in [0.15, 0.2) is 0 Å². The van der Waals surface area contributed by atoms with E-state index in [1.54, 1.807) is 0 Å². The van der Waals surface area contributed by atoms with Crippen molar-refractivity contribution in [3.63, 3.8) is 0 Å². The van der Waals surface area contributed by atoms with Gasteiger partial charge in [0.2, 0.25) is 0 Å². The largest absolute Gasteiger partial charge is 0.390 e. The van der Waals surface area contributed by atoms with Crippen molar-refractivity contribution in [1.29, 1.82) is 0 Å². The molecular weight excluding hydrogens is 352 g/mol. The molecule has 0 spiro atoms. The van der Waals surface area contributed by atoms with Crippen LogP contribution >= 0.6 is 15.9 Å². The molecule has 0 saturated heterocycles. The maximum absolute atomic E-state index is 10.9. The van der Waals surface area contributed by atoms with E-state index in [4.69, 9.17) is 0 Å². The second kappa shape index (κ2) is 6.80. The van der Waals surface area contributed by atoms with Crippen molar-refractivity contribution in [2.24, 2.45) is 23.2 Å². The molecule has 2 nitrogen and oxygen atoms in total. The van der Waals surface area contributed by atoms with Crippen molar-refractivity contribution in [2.45, 2.75) is 89.2 Å². The van der Waals surface area contributed by atoms with Crippen molar-refractivity contribution < 1.29 is 10.2 Å². The molecule has 0 amide bonds. The molecule has 1 saturated carbocycles. The summed E-state index contributed by atoms with van der Waals surface area (Å²) in [5.74, 6) is 1.49. The molecule has 2 aliphatic carbocycles. The highest BCUT2D eigenvalue weighted by Crippen LogP contribution is 2.51. The average molecular weight is 387 g/mol. The second-order valence-electron chi connectivity index (χ2n) is 9.21. The van der Waals surface area contributed by atoms with Gasteiger partial charge >= 0.3 is 0 Å². The van der Waals surface area contributed by atoms with Gasteiger partial charge in [-0.05, 0) is 75.5 Å². The first-order valence-electron chi connectivity index (χ1n) is 9.24. The van der Waals surface area contributed by atoms with Crippen LogP contribution in [-0.4, -0.2) is 26.2 Å². The van der Waals surface area contributed by atoms with E-state index in [0.717, 1.165) is 38.5 Å². The molecule has 0 heterocycles. The maximum atomic E-state index is 10.9. The van der Waals surface area contributed by atoms with Crippen LogP contribution in [0.2, 0.25) is 0 Å². The molecule has 0 aromatic heterocycles. The topological polar surface area (TPSA) is 40.5 Å². The molecule has 0 aliphatic heterocycles. The van der Waals surface area contributed by atoms with Crippen molar-refractivity contribution in [2.75, 3.05) is 0 Å². The summed E-state index contributed by atoms with van der Waals surface area (Å²) >= 11 is 3.85. The lowest BCUT2D eigenvalue weighted by Gasteiger charge is -2.51. The minimum atomic E-state index is -0.617. The summed E-state index contributed by atoms with van der Waals surface area (Å²) in [4.78, 5) is 0.486. The molecule has 2 rings (SSSR count). The summed E-state index contributed by atoms with van der Waals surface area (Å²) < 4.78 is 0. The van der Waals surface area contributed by atoms with Gasteiger partial charge in [-0.15, -0.1) is 0 Å². The third-order valence-electron chi connectivity index (χ3n) is 6.69. The molecule has 0 bridgehead atoms. The fourth-order valence-electron chi connectivity index (χ4n) is 4.76. The van der Waals surface area contributed by atoms with Crippen LogP contribution in [0.15, 0.2) is 12.2 Å². The summed E-state index contributed by atoms with van der Waals surface area (Å²) in [6.07, 6.45) is 10.3. The van der Waals surface area contributed by atoms with E-state index in [2.05, 4.69) is 42.8 Å². The van der Waals surface area contributed by atoms with Crippen LogP contribution in [0.25, 0.3) is 0 Å². The van der Waals surface area contributed by atoms with Crippen LogP contribution in [0, 0.1) is 23.2 Å². The first-order valence-corrected chi connectivity index (χ1v) is 10.2. The average Bonchev–Trinajstić information content (AvgIpc) is 2.42. The SMILES string of the molecule is CC(CC[C@H]1C(C)(C)[C@@H](Br)CC[C@@]1(C)O)C1C=CC(C)(O)CC1. The van der Waals surface area contributed by atoms with Crippen molar-refractivity contribution in [3.8, 4) is 0 Å². The molecule has 0 radical (unpaired) electrons. The molecule has 6 atom stereocenters. The Morgan fingerprint density at radius 1 is 1.13 bits per heavy atom. The Morgan fingerprint density at radius 2 is 1.78 bits per heavy atom. The molecule has 2 aliphatic rings. The smallest absolute Gasteiger partial charge is 0.0800 e. The molecule has 1 fully saturated rings. The standard InChI is InChI=1S/C20H35BrO2/c1-14(15-8-11-19(4,22)12-9-15)6-7-16-18(2,3)17(21)10-13-20(16,5)23/h8,11,14-17,22-23H,6-7,9-10,12-13H2,1-5H3/t14?,15?,16-,17-,19?,20+/m0/s1. The van der Waals surface area contributed by atoms with E-state index in [1.165, 1.54) is 0 Å². The Hall–Kier alpha value is 0.140. The summed E-state index contributed by atoms with van der Waals surface area (Å²) in [6.45, 7) is 10.8. The van der Waals surface area contributed by atoms with E-state index in [-0.39, 0.29) is 5.41 Å². The van der Waals surface area contributed by atoms with Crippen molar-refractivity contribution in [3.05, 3.63) is 12.2 Å². The highest BCUT2D eigenvalue weighted by Gasteiger charge is 2.49. The minimum absolute atomic E-state index is 0.119. The number of alkyl halides is 1. The lowest BCUT2D eigenvalue weighted by atomic mass is 9.60. The number of rotatable bonds is 4. The van der Waals surface area contributed by atoms with Crippen LogP contribution in [0.4, 0.5) is 0 Å². The second-order valence-corrected chi connectivity index (χ2v) is 10.3. The fraction of sp³-hybridized carbons (Fsp3) is 0.900. The summed E-state index contributed by atoms with van der Waals surface area (Å²) in [6, 6.07) is 0. The zero-order valence-electron chi connectivity index (χ0n) is 15.5. The Morgan fingerprint density at radius 3 is 2.35 bits per heavy atom. The number of aliphatic hydroxyl groups is 2. The van der Waals surface area contributed by atoms with Crippen LogP contribution < -0.4 is 0 Å². The number of halogens is 1. The van der Waals surface area contributed by atoms with Crippen LogP contribution in [0.1, 0.15) is 73.1 Å². The van der Waals surface area contributed by atoms with E-state index in [1.807, 2.05) is 19.9 Å². The Balaban J connectivity index is 1.98. The van der Waals surface area contributed by atoms with Gasteiger partial charge in [-0.25, -0.2) is 0 Å². The van der Waals surface area contributed by atoms with Gasteiger partial charge < -0.3 is 10.2 Å². The van der Waals surface area contributed by atoms with E-state index >= 15 is 0 Å². The zero-order valence-corrected chi connectivity index (χ0v) is 17.1. The Bertz CT molecular complexity index is 439. The molecule has 3 unspecified atom stereocenters. The molecular formula is C20H35BrO2. The van der Waals surface area contributed by atoms with Crippen molar-refractivity contribution >= 4 is 15.9 Å².